The van der Waals surface area contributed by atoms with E-state index in [1.807, 2.05) is 0 Å². The second-order valence-electron chi connectivity index (χ2n) is 3.87. The smallest absolute Gasteiger partial charge is 0.345 e. The molecule has 0 radical (unpaired) electrons. The van der Waals surface area contributed by atoms with Crippen molar-refractivity contribution in [2.24, 2.45) is 0 Å². The molecule has 7 heteroatoms. The number of hydrogen-bond donors (Lipinski definition) is 2. The predicted molar refractivity (Wildman–Crippen MR) is 70.3 cm³/mol. The Bertz CT molecular complexity index is 507. The second-order valence-corrected chi connectivity index (χ2v) is 4.73. The molecular weight excluding hydrogens is 321 g/mol. The molecule has 5 nitrogen and oxygen atoms in total. The number of anilines is 1. The number of hydrogen-bond acceptors (Lipinski definition) is 4. The number of esters is 1. The first-order valence-electron chi connectivity index (χ1n) is 5.55. The molecule has 0 aliphatic rings. The number of aliphatic carboxylic acids is 1. The maximum absolute atomic E-state index is 13.1. The third kappa shape index (κ3) is 3.92. The minimum Gasteiger partial charge on any atom is -0.479 e. The van der Waals surface area contributed by atoms with Gasteiger partial charge in [0.15, 0.2) is 6.10 Å². The highest BCUT2D eigenvalue weighted by Gasteiger charge is 2.23. The van der Waals surface area contributed by atoms with Gasteiger partial charge < -0.3 is 15.6 Å². The van der Waals surface area contributed by atoms with Crippen LogP contribution in [-0.4, -0.2) is 23.1 Å². The maximum Gasteiger partial charge on any atom is 0.345 e. The number of benzene rings is 1. The molecule has 1 rings (SSSR count). The van der Waals surface area contributed by atoms with Crippen molar-refractivity contribution in [3.8, 4) is 0 Å². The molecule has 1 aromatic rings. The van der Waals surface area contributed by atoms with E-state index < -0.39 is 23.9 Å². The maximum atomic E-state index is 13.1. The molecule has 0 aliphatic carbocycles. The van der Waals surface area contributed by atoms with E-state index >= 15 is 0 Å². The minimum absolute atomic E-state index is 0.0127. The Morgan fingerprint density at radius 3 is 2.68 bits per heavy atom. The quantitative estimate of drug-likeness (QED) is 0.638. The lowest BCUT2D eigenvalue weighted by Crippen LogP contribution is -2.27. The SMILES string of the molecule is CCCC(OC(=O)c1cc(N)c(F)cc1Br)C(=O)O. The molecule has 0 aliphatic heterocycles. The summed E-state index contributed by atoms with van der Waals surface area (Å²) in [6.07, 6.45) is -0.470. The van der Waals surface area contributed by atoms with Gasteiger partial charge in [0.05, 0.1) is 11.3 Å². The van der Waals surface area contributed by atoms with Crippen LogP contribution in [0.25, 0.3) is 0 Å². The number of carbonyl (C=O) groups is 2. The normalized spacial score (nSPS) is 11.9. The third-order valence-corrected chi connectivity index (χ3v) is 3.04. The highest BCUT2D eigenvalue weighted by atomic mass is 79.9. The summed E-state index contributed by atoms with van der Waals surface area (Å²) in [4.78, 5) is 22.7. The van der Waals surface area contributed by atoms with Crippen LogP contribution >= 0.6 is 15.9 Å². The summed E-state index contributed by atoms with van der Waals surface area (Å²) in [7, 11) is 0. The molecule has 0 spiro atoms. The third-order valence-electron chi connectivity index (χ3n) is 2.38. The average Bonchev–Trinajstić information content (AvgIpc) is 2.32. The fourth-order valence-corrected chi connectivity index (χ4v) is 1.89. The summed E-state index contributed by atoms with van der Waals surface area (Å²) in [6, 6.07) is 2.13. The number of carbonyl (C=O) groups excluding carboxylic acids is 1. The van der Waals surface area contributed by atoms with Crippen molar-refractivity contribution in [3.63, 3.8) is 0 Å². The second kappa shape index (κ2) is 6.51. The largest absolute Gasteiger partial charge is 0.479 e. The van der Waals surface area contributed by atoms with Crippen molar-refractivity contribution >= 4 is 33.6 Å². The number of ether oxygens (including phenoxy) is 1. The van der Waals surface area contributed by atoms with Gasteiger partial charge >= 0.3 is 11.9 Å². The lowest BCUT2D eigenvalue weighted by Gasteiger charge is -2.13. The molecule has 0 saturated carbocycles. The lowest BCUT2D eigenvalue weighted by molar-refractivity contribution is -0.147. The average molecular weight is 334 g/mol. The van der Waals surface area contributed by atoms with Gasteiger partial charge in [-0.3, -0.25) is 0 Å². The van der Waals surface area contributed by atoms with E-state index in [-0.39, 0.29) is 22.1 Å². The monoisotopic (exact) mass is 333 g/mol. The summed E-state index contributed by atoms with van der Waals surface area (Å²) in [5.74, 6) is -2.76. The fourth-order valence-electron chi connectivity index (χ4n) is 1.41. The first kappa shape index (κ1) is 15.4. The number of nitrogen functional groups attached to an aromatic ring is 1. The Morgan fingerprint density at radius 2 is 2.16 bits per heavy atom. The van der Waals surface area contributed by atoms with Crippen molar-refractivity contribution in [2.45, 2.75) is 25.9 Å². The molecule has 1 aromatic carbocycles. The van der Waals surface area contributed by atoms with Crippen molar-refractivity contribution in [2.75, 3.05) is 5.73 Å². The topological polar surface area (TPSA) is 89.6 Å². The van der Waals surface area contributed by atoms with Crippen LogP contribution in [0.3, 0.4) is 0 Å². The first-order chi connectivity index (χ1) is 8.86. The van der Waals surface area contributed by atoms with Gasteiger partial charge in [-0.25, -0.2) is 14.0 Å². The Kier molecular flexibility index (Phi) is 5.29. The van der Waals surface area contributed by atoms with Crippen LogP contribution in [0.1, 0.15) is 30.1 Å². The van der Waals surface area contributed by atoms with E-state index in [4.69, 9.17) is 15.6 Å². The van der Waals surface area contributed by atoms with Gasteiger partial charge in [-0.15, -0.1) is 0 Å². The van der Waals surface area contributed by atoms with Crippen molar-refractivity contribution in [1.82, 2.24) is 0 Å². The van der Waals surface area contributed by atoms with Crippen molar-refractivity contribution in [3.05, 3.63) is 28.0 Å². The van der Waals surface area contributed by atoms with Crippen LogP contribution in [0, 0.1) is 5.82 Å². The molecule has 0 saturated heterocycles. The zero-order chi connectivity index (χ0) is 14.6. The molecular formula is C12H13BrFNO4. The van der Waals surface area contributed by atoms with Crippen molar-refractivity contribution in [1.29, 1.82) is 0 Å². The molecule has 0 fully saturated rings. The van der Waals surface area contributed by atoms with Gasteiger partial charge in [-0.05, 0) is 34.5 Å². The van der Waals surface area contributed by atoms with Crippen LogP contribution < -0.4 is 5.73 Å². The van der Waals surface area contributed by atoms with E-state index in [1.165, 1.54) is 0 Å². The molecule has 1 atom stereocenters. The van der Waals surface area contributed by atoms with Gasteiger partial charge in [0.2, 0.25) is 0 Å². The summed E-state index contributed by atoms with van der Waals surface area (Å²) in [5.41, 5.74) is 5.13. The standard InChI is InChI=1S/C12H13BrFNO4/c1-2-3-10(11(16)17)19-12(18)6-4-9(15)8(14)5-7(6)13/h4-5,10H,2-3,15H2,1H3,(H,16,17). The van der Waals surface area contributed by atoms with E-state index in [0.717, 1.165) is 12.1 Å². The summed E-state index contributed by atoms with van der Waals surface area (Å²) < 4.78 is 18.2. The van der Waals surface area contributed by atoms with Crippen LogP contribution in [0.2, 0.25) is 0 Å². The molecule has 19 heavy (non-hydrogen) atoms. The number of carboxylic acids is 1. The van der Waals surface area contributed by atoms with Gasteiger partial charge in [0.25, 0.3) is 0 Å². The van der Waals surface area contributed by atoms with Gasteiger partial charge in [-0.2, -0.15) is 0 Å². The lowest BCUT2D eigenvalue weighted by atomic mass is 10.2. The zero-order valence-electron chi connectivity index (χ0n) is 10.2. The highest BCUT2D eigenvalue weighted by molar-refractivity contribution is 9.10. The van der Waals surface area contributed by atoms with Crippen LogP contribution in [0.5, 0.6) is 0 Å². The summed E-state index contributed by atoms with van der Waals surface area (Å²) >= 11 is 3.00. The number of halogens is 2. The highest BCUT2D eigenvalue weighted by Crippen LogP contribution is 2.24. The van der Waals surface area contributed by atoms with Gasteiger partial charge in [0, 0.05) is 4.47 Å². The summed E-state index contributed by atoms with van der Waals surface area (Å²) in [6.45, 7) is 1.77. The summed E-state index contributed by atoms with van der Waals surface area (Å²) in [5, 5.41) is 8.89. The van der Waals surface area contributed by atoms with E-state index in [9.17, 15) is 14.0 Å². The fraction of sp³-hybridized carbons (Fsp3) is 0.333. The number of rotatable bonds is 5. The van der Waals surface area contributed by atoms with Crippen molar-refractivity contribution < 1.29 is 23.8 Å². The van der Waals surface area contributed by atoms with E-state index in [2.05, 4.69) is 15.9 Å². The van der Waals surface area contributed by atoms with Gasteiger partial charge in [-0.1, -0.05) is 13.3 Å². The van der Waals surface area contributed by atoms with Crippen LogP contribution in [0.15, 0.2) is 16.6 Å². The van der Waals surface area contributed by atoms with Gasteiger partial charge in [0.1, 0.15) is 5.82 Å². The predicted octanol–water partition coefficient (Wildman–Crippen LogP) is 2.58. The van der Waals surface area contributed by atoms with E-state index in [1.54, 1.807) is 6.92 Å². The minimum atomic E-state index is -1.23. The molecule has 0 bridgehead atoms. The molecule has 0 aromatic heterocycles. The zero-order valence-corrected chi connectivity index (χ0v) is 11.7. The van der Waals surface area contributed by atoms with Crippen LogP contribution in [-0.2, 0) is 9.53 Å². The Morgan fingerprint density at radius 1 is 1.53 bits per heavy atom. The Labute approximate surface area is 117 Å². The van der Waals surface area contributed by atoms with Crippen LogP contribution in [0.4, 0.5) is 10.1 Å². The first-order valence-corrected chi connectivity index (χ1v) is 6.34. The molecule has 0 amide bonds. The molecule has 1 unspecified atom stereocenters. The molecule has 0 heterocycles. The Balaban J connectivity index is 2.94. The molecule has 3 N–H and O–H groups in total. The van der Waals surface area contributed by atoms with E-state index in [0.29, 0.717) is 6.42 Å². The number of carboxylic acid groups (broad SMARTS) is 1. The number of nitrogens with two attached hydrogens (primary N) is 1. The Hall–Kier alpha value is -1.63. The molecule has 104 valence electrons.